The van der Waals surface area contributed by atoms with E-state index in [0.717, 1.165) is 19.1 Å². The van der Waals surface area contributed by atoms with Crippen molar-refractivity contribution < 1.29 is 4.79 Å². The third-order valence-electron chi connectivity index (χ3n) is 1.91. The molecule has 0 aliphatic heterocycles. The van der Waals surface area contributed by atoms with Crippen LogP contribution in [0.1, 0.15) is 19.8 Å². The molecular weight excluding hydrogens is 160 g/mol. The highest BCUT2D eigenvalue weighted by atomic mass is 35.5. The van der Waals surface area contributed by atoms with Crippen LogP contribution in [0.4, 0.5) is 0 Å². The first-order chi connectivity index (χ1) is 5.26. The van der Waals surface area contributed by atoms with Gasteiger partial charge < -0.3 is 4.79 Å². The molecule has 0 spiro atoms. The molecule has 1 nitrogen and oxygen atoms in total. The minimum Gasteiger partial charge on any atom is -0.303 e. The quantitative estimate of drug-likeness (QED) is 0.344. The third kappa shape index (κ3) is 4.20. The van der Waals surface area contributed by atoms with Crippen LogP contribution in [0.5, 0.6) is 0 Å². The molecule has 0 fully saturated rings. The van der Waals surface area contributed by atoms with Gasteiger partial charge in [0.1, 0.15) is 6.29 Å². The SMILES string of the molecule is C=CC[C@H](C=O)[C@H](C)CCCl. The van der Waals surface area contributed by atoms with Crippen molar-refractivity contribution in [2.75, 3.05) is 5.88 Å². The molecule has 0 unspecified atom stereocenters. The maximum atomic E-state index is 10.5. The van der Waals surface area contributed by atoms with Gasteiger partial charge in [0, 0.05) is 11.8 Å². The van der Waals surface area contributed by atoms with Crippen molar-refractivity contribution in [3.63, 3.8) is 0 Å². The summed E-state index contributed by atoms with van der Waals surface area (Å²) in [7, 11) is 0. The molecule has 0 radical (unpaired) electrons. The molecule has 0 bridgehead atoms. The van der Waals surface area contributed by atoms with E-state index in [2.05, 4.69) is 6.58 Å². The van der Waals surface area contributed by atoms with Gasteiger partial charge in [0.25, 0.3) is 0 Å². The minimum absolute atomic E-state index is 0.103. The molecule has 0 aromatic carbocycles. The maximum absolute atomic E-state index is 10.5. The Kier molecular flexibility index (Phi) is 6.24. The molecule has 2 atom stereocenters. The zero-order valence-electron chi connectivity index (χ0n) is 6.92. The van der Waals surface area contributed by atoms with E-state index in [-0.39, 0.29) is 5.92 Å². The second kappa shape index (κ2) is 6.41. The molecule has 0 saturated heterocycles. The Hall–Kier alpha value is -0.300. The second-order valence-corrected chi connectivity index (χ2v) is 3.16. The van der Waals surface area contributed by atoms with Crippen LogP contribution in [0.25, 0.3) is 0 Å². The summed E-state index contributed by atoms with van der Waals surface area (Å²) in [6.45, 7) is 5.65. The van der Waals surface area contributed by atoms with E-state index < -0.39 is 0 Å². The van der Waals surface area contributed by atoms with E-state index in [4.69, 9.17) is 11.6 Å². The molecule has 64 valence electrons. The highest BCUT2D eigenvalue weighted by Gasteiger charge is 2.13. The molecular formula is C9H15ClO. The summed E-state index contributed by atoms with van der Waals surface area (Å²) in [6.07, 6.45) is 4.45. The molecule has 11 heavy (non-hydrogen) atoms. The van der Waals surface area contributed by atoms with Gasteiger partial charge in [-0.05, 0) is 18.8 Å². The molecule has 0 aromatic rings. The molecule has 0 heterocycles. The number of hydrogen-bond acceptors (Lipinski definition) is 1. The molecule has 0 amide bonds. The van der Waals surface area contributed by atoms with Gasteiger partial charge in [-0.2, -0.15) is 0 Å². The predicted octanol–water partition coefficient (Wildman–Crippen LogP) is 2.64. The van der Waals surface area contributed by atoms with E-state index in [1.807, 2.05) is 6.92 Å². The number of rotatable bonds is 6. The Bertz CT molecular complexity index is 123. The van der Waals surface area contributed by atoms with E-state index in [9.17, 15) is 4.79 Å². The van der Waals surface area contributed by atoms with Gasteiger partial charge in [-0.1, -0.05) is 13.0 Å². The first-order valence-corrected chi connectivity index (χ1v) is 4.41. The van der Waals surface area contributed by atoms with Crippen molar-refractivity contribution in [1.82, 2.24) is 0 Å². The number of hydrogen-bond donors (Lipinski definition) is 0. The van der Waals surface area contributed by atoms with Gasteiger partial charge in [-0.3, -0.25) is 0 Å². The summed E-state index contributed by atoms with van der Waals surface area (Å²) >= 11 is 5.56. The van der Waals surface area contributed by atoms with Gasteiger partial charge in [-0.15, -0.1) is 18.2 Å². The largest absolute Gasteiger partial charge is 0.303 e. The summed E-state index contributed by atoms with van der Waals surface area (Å²) < 4.78 is 0. The summed E-state index contributed by atoms with van der Waals surface area (Å²) in [6, 6.07) is 0. The van der Waals surface area contributed by atoms with Crippen LogP contribution in [0, 0.1) is 11.8 Å². The average Bonchev–Trinajstić information content (AvgIpc) is 2.00. The van der Waals surface area contributed by atoms with Crippen molar-refractivity contribution in [2.24, 2.45) is 11.8 Å². The van der Waals surface area contributed by atoms with Crippen molar-refractivity contribution in [3.05, 3.63) is 12.7 Å². The monoisotopic (exact) mass is 174 g/mol. The first-order valence-electron chi connectivity index (χ1n) is 3.88. The normalized spacial score (nSPS) is 15.5. The third-order valence-corrected chi connectivity index (χ3v) is 2.13. The molecule has 0 aromatic heterocycles. The van der Waals surface area contributed by atoms with Crippen LogP contribution in [0.2, 0.25) is 0 Å². The van der Waals surface area contributed by atoms with Crippen LogP contribution >= 0.6 is 11.6 Å². The number of allylic oxidation sites excluding steroid dienone is 1. The van der Waals surface area contributed by atoms with Gasteiger partial charge >= 0.3 is 0 Å². The van der Waals surface area contributed by atoms with Crippen molar-refractivity contribution in [2.45, 2.75) is 19.8 Å². The molecule has 2 heteroatoms. The molecule has 0 aliphatic rings. The van der Waals surface area contributed by atoms with E-state index in [1.54, 1.807) is 6.08 Å². The van der Waals surface area contributed by atoms with Crippen LogP contribution in [-0.4, -0.2) is 12.2 Å². The zero-order chi connectivity index (χ0) is 8.69. The fraction of sp³-hybridized carbons (Fsp3) is 0.667. The molecule has 0 aliphatic carbocycles. The predicted molar refractivity (Wildman–Crippen MR) is 48.9 cm³/mol. The summed E-state index contributed by atoms with van der Waals surface area (Å²) in [5.74, 6) is 1.11. The lowest BCUT2D eigenvalue weighted by atomic mass is 9.90. The fourth-order valence-corrected chi connectivity index (χ4v) is 1.34. The smallest absolute Gasteiger partial charge is 0.123 e. The molecule has 0 rings (SSSR count). The van der Waals surface area contributed by atoms with Crippen LogP contribution < -0.4 is 0 Å². The lowest BCUT2D eigenvalue weighted by Gasteiger charge is -2.15. The highest BCUT2D eigenvalue weighted by Crippen LogP contribution is 2.17. The van der Waals surface area contributed by atoms with Crippen molar-refractivity contribution >= 4 is 17.9 Å². The number of carbonyl (C=O) groups excluding carboxylic acids is 1. The number of alkyl halides is 1. The lowest BCUT2D eigenvalue weighted by molar-refractivity contribution is -0.112. The molecule has 0 N–H and O–H groups in total. The average molecular weight is 175 g/mol. The maximum Gasteiger partial charge on any atom is 0.123 e. The Balaban J connectivity index is 3.79. The summed E-state index contributed by atoms with van der Waals surface area (Å²) in [5, 5.41) is 0. The first kappa shape index (κ1) is 10.7. The van der Waals surface area contributed by atoms with Gasteiger partial charge in [-0.25, -0.2) is 0 Å². The Morgan fingerprint density at radius 3 is 2.64 bits per heavy atom. The second-order valence-electron chi connectivity index (χ2n) is 2.78. The van der Waals surface area contributed by atoms with Crippen LogP contribution in [0.3, 0.4) is 0 Å². The van der Waals surface area contributed by atoms with Gasteiger partial charge in [0.05, 0.1) is 0 Å². The van der Waals surface area contributed by atoms with Crippen molar-refractivity contribution in [3.8, 4) is 0 Å². The summed E-state index contributed by atoms with van der Waals surface area (Å²) in [5.41, 5.74) is 0. The van der Waals surface area contributed by atoms with Gasteiger partial charge in [0.2, 0.25) is 0 Å². The number of halogens is 1. The summed E-state index contributed by atoms with van der Waals surface area (Å²) in [4.78, 5) is 10.5. The standard InChI is InChI=1S/C9H15ClO/c1-3-4-9(7-11)8(2)5-6-10/h3,7-9H,1,4-6H2,2H3/t8-,9-/m1/s1. The fourth-order valence-electron chi connectivity index (χ4n) is 1.00. The van der Waals surface area contributed by atoms with Gasteiger partial charge in [0.15, 0.2) is 0 Å². The van der Waals surface area contributed by atoms with Crippen LogP contribution in [0.15, 0.2) is 12.7 Å². The lowest BCUT2D eigenvalue weighted by Crippen LogP contribution is -2.12. The Labute approximate surface area is 73.4 Å². The zero-order valence-corrected chi connectivity index (χ0v) is 7.68. The van der Waals surface area contributed by atoms with E-state index in [1.165, 1.54) is 0 Å². The Morgan fingerprint density at radius 1 is 1.64 bits per heavy atom. The topological polar surface area (TPSA) is 17.1 Å². The number of aldehydes is 1. The highest BCUT2D eigenvalue weighted by molar-refractivity contribution is 6.17. The van der Waals surface area contributed by atoms with E-state index in [0.29, 0.717) is 11.8 Å². The van der Waals surface area contributed by atoms with E-state index >= 15 is 0 Å². The minimum atomic E-state index is 0.103. The van der Waals surface area contributed by atoms with Crippen molar-refractivity contribution in [1.29, 1.82) is 0 Å². The molecule has 0 saturated carbocycles. The number of carbonyl (C=O) groups is 1. The Morgan fingerprint density at radius 2 is 2.27 bits per heavy atom. The van der Waals surface area contributed by atoms with Crippen LogP contribution in [-0.2, 0) is 4.79 Å².